The highest BCUT2D eigenvalue weighted by Gasteiger charge is 2.14. The topological polar surface area (TPSA) is 51.2 Å². The molecule has 0 saturated heterocycles. The number of nitrogens with two attached hydrogens (primary N) is 1. The molecule has 3 nitrogen and oxygen atoms in total. The summed E-state index contributed by atoms with van der Waals surface area (Å²) < 4.78 is 6.23. The average molecular weight is 245 g/mol. The van der Waals surface area contributed by atoms with Crippen LogP contribution in [-0.4, -0.2) is 13.1 Å². The van der Waals surface area contributed by atoms with E-state index in [4.69, 9.17) is 10.2 Å². The second kappa shape index (κ2) is 5.21. The van der Waals surface area contributed by atoms with Gasteiger partial charge in [-0.05, 0) is 22.0 Å². The molecule has 0 spiro atoms. The van der Waals surface area contributed by atoms with Crippen molar-refractivity contribution in [3.8, 4) is 0 Å². The first-order chi connectivity index (χ1) is 6.29. The third-order valence-corrected chi connectivity index (χ3v) is 2.36. The molecule has 1 heterocycles. The minimum Gasteiger partial charge on any atom is -0.466 e. The molecule has 72 valence electrons. The maximum absolute atomic E-state index is 5.60. The van der Waals surface area contributed by atoms with Gasteiger partial charge in [0.15, 0.2) is 0 Å². The molecular formula is C9H13BrN2O. The Hall–Kier alpha value is -0.580. The second-order valence-electron chi connectivity index (χ2n) is 2.62. The Labute approximate surface area is 86.1 Å². The summed E-state index contributed by atoms with van der Waals surface area (Å²) in [5, 5.41) is 3.20. The van der Waals surface area contributed by atoms with Gasteiger partial charge in [0, 0.05) is 13.1 Å². The van der Waals surface area contributed by atoms with Crippen LogP contribution in [0.2, 0.25) is 0 Å². The van der Waals surface area contributed by atoms with Crippen molar-refractivity contribution in [3.05, 3.63) is 35.2 Å². The molecule has 1 aromatic rings. The minimum atomic E-state index is 0.0439. The summed E-state index contributed by atoms with van der Waals surface area (Å²) in [4.78, 5) is 0. The lowest BCUT2D eigenvalue weighted by molar-refractivity contribution is 0.425. The van der Waals surface area contributed by atoms with E-state index < -0.39 is 0 Å². The summed E-state index contributed by atoms with van der Waals surface area (Å²) in [6.07, 6.45) is 3.43. The molecule has 0 aromatic carbocycles. The molecule has 13 heavy (non-hydrogen) atoms. The molecule has 0 bridgehead atoms. The number of nitrogens with one attached hydrogen (secondary N) is 1. The van der Waals surface area contributed by atoms with Crippen LogP contribution >= 0.6 is 15.9 Å². The summed E-state index contributed by atoms with van der Waals surface area (Å²) in [5.41, 5.74) is 5.60. The zero-order valence-corrected chi connectivity index (χ0v) is 8.88. The van der Waals surface area contributed by atoms with Crippen molar-refractivity contribution in [1.82, 2.24) is 5.32 Å². The van der Waals surface area contributed by atoms with Crippen LogP contribution in [0, 0.1) is 0 Å². The van der Waals surface area contributed by atoms with Gasteiger partial charge in [0.1, 0.15) is 5.76 Å². The molecule has 0 aliphatic rings. The number of hydrogen-bond donors (Lipinski definition) is 2. The van der Waals surface area contributed by atoms with E-state index in [1.807, 2.05) is 6.07 Å². The predicted molar refractivity (Wildman–Crippen MR) is 56.4 cm³/mol. The van der Waals surface area contributed by atoms with Crippen molar-refractivity contribution in [2.24, 2.45) is 5.73 Å². The van der Waals surface area contributed by atoms with Crippen LogP contribution < -0.4 is 11.1 Å². The standard InChI is InChI=1S/C9H13BrN2O/c1-2-4-12-8(6-11)9-7(10)3-5-13-9/h2-3,5,8,12H,1,4,6,11H2. The van der Waals surface area contributed by atoms with Crippen LogP contribution in [0.5, 0.6) is 0 Å². The Kier molecular flexibility index (Phi) is 4.21. The highest BCUT2D eigenvalue weighted by molar-refractivity contribution is 9.10. The summed E-state index contributed by atoms with van der Waals surface area (Å²) in [7, 11) is 0. The SMILES string of the molecule is C=CCNC(CN)c1occc1Br. The van der Waals surface area contributed by atoms with E-state index in [2.05, 4.69) is 27.8 Å². The van der Waals surface area contributed by atoms with Gasteiger partial charge >= 0.3 is 0 Å². The molecule has 1 unspecified atom stereocenters. The maximum Gasteiger partial charge on any atom is 0.136 e. The van der Waals surface area contributed by atoms with Crippen molar-refractivity contribution in [2.45, 2.75) is 6.04 Å². The van der Waals surface area contributed by atoms with E-state index in [1.165, 1.54) is 0 Å². The van der Waals surface area contributed by atoms with Crippen molar-refractivity contribution >= 4 is 15.9 Å². The largest absolute Gasteiger partial charge is 0.466 e. The summed E-state index contributed by atoms with van der Waals surface area (Å²) in [5.74, 6) is 0.837. The zero-order chi connectivity index (χ0) is 9.68. The third-order valence-electron chi connectivity index (χ3n) is 1.71. The molecule has 0 aliphatic heterocycles. The van der Waals surface area contributed by atoms with Crippen LogP contribution in [0.4, 0.5) is 0 Å². The lowest BCUT2D eigenvalue weighted by Gasteiger charge is -2.13. The van der Waals surface area contributed by atoms with Gasteiger partial charge in [-0.15, -0.1) is 6.58 Å². The van der Waals surface area contributed by atoms with Gasteiger partial charge in [0.05, 0.1) is 16.8 Å². The molecule has 1 atom stereocenters. The van der Waals surface area contributed by atoms with Gasteiger partial charge in [0.2, 0.25) is 0 Å². The van der Waals surface area contributed by atoms with Gasteiger partial charge in [-0.2, -0.15) is 0 Å². The number of halogens is 1. The molecule has 0 saturated carbocycles. The van der Waals surface area contributed by atoms with E-state index in [1.54, 1.807) is 12.3 Å². The van der Waals surface area contributed by atoms with E-state index in [-0.39, 0.29) is 6.04 Å². The molecule has 0 amide bonds. The highest BCUT2D eigenvalue weighted by Crippen LogP contribution is 2.23. The van der Waals surface area contributed by atoms with E-state index in [9.17, 15) is 0 Å². The molecule has 4 heteroatoms. The van der Waals surface area contributed by atoms with Crippen molar-refractivity contribution < 1.29 is 4.42 Å². The Morgan fingerprint density at radius 3 is 3.00 bits per heavy atom. The van der Waals surface area contributed by atoms with Crippen molar-refractivity contribution in [3.63, 3.8) is 0 Å². The van der Waals surface area contributed by atoms with Crippen LogP contribution in [0.15, 0.2) is 33.9 Å². The van der Waals surface area contributed by atoms with Crippen LogP contribution in [0.3, 0.4) is 0 Å². The minimum absolute atomic E-state index is 0.0439. The van der Waals surface area contributed by atoms with Crippen molar-refractivity contribution in [1.29, 1.82) is 0 Å². The summed E-state index contributed by atoms with van der Waals surface area (Å²) >= 11 is 3.38. The van der Waals surface area contributed by atoms with Crippen molar-refractivity contribution in [2.75, 3.05) is 13.1 Å². The van der Waals surface area contributed by atoms with Crippen LogP contribution in [0.1, 0.15) is 11.8 Å². The Bertz CT molecular complexity index is 272. The molecule has 3 N–H and O–H groups in total. The lowest BCUT2D eigenvalue weighted by atomic mass is 10.2. The van der Waals surface area contributed by atoms with E-state index >= 15 is 0 Å². The quantitative estimate of drug-likeness (QED) is 0.778. The van der Waals surface area contributed by atoms with Gasteiger partial charge in [-0.25, -0.2) is 0 Å². The van der Waals surface area contributed by atoms with E-state index in [0.717, 1.165) is 16.8 Å². The molecular weight excluding hydrogens is 232 g/mol. The summed E-state index contributed by atoms with van der Waals surface area (Å²) in [6.45, 7) is 4.84. The second-order valence-corrected chi connectivity index (χ2v) is 3.47. The Morgan fingerprint density at radius 1 is 1.77 bits per heavy atom. The molecule has 0 aliphatic carbocycles. The maximum atomic E-state index is 5.60. The normalized spacial score (nSPS) is 12.8. The average Bonchev–Trinajstić information content (AvgIpc) is 2.54. The number of rotatable bonds is 5. The monoisotopic (exact) mass is 244 g/mol. The third kappa shape index (κ3) is 2.69. The highest BCUT2D eigenvalue weighted by atomic mass is 79.9. The number of furan rings is 1. The molecule has 1 rings (SSSR count). The number of hydrogen-bond acceptors (Lipinski definition) is 3. The first-order valence-corrected chi connectivity index (χ1v) is 4.86. The Balaban J connectivity index is 2.66. The molecule has 0 fully saturated rings. The van der Waals surface area contributed by atoms with Gasteiger partial charge in [0.25, 0.3) is 0 Å². The molecule has 1 aromatic heterocycles. The molecule has 0 radical (unpaired) electrons. The fraction of sp³-hybridized carbons (Fsp3) is 0.333. The fourth-order valence-electron chi connectivity index (χ4n) is 1.06. The lowest BCUT2D eigenvalue weighted by Crippen LogP contribution is -2.28. The summed E-state index contributed by atoms with van der Waals surface area (Å²) in [6, 6.07) is 1.90. The zero-order valence-electron chi connectivity index (χ0n) is 7.29. The predicted octanol–water partition coefficient (Wildman–Crippen LogP) is 1.82. The first kappa shape index (κ1) is 10.5. The first-order valence-electron chi connectivity index (χ1n) is 4.06. The van der Waals surface area contributed by atoms with Gasteiger partial charge in [-0.3, -0.25) is 0 Å². The van der Waals surface area contributed by atoms with Crippen LogP contribution in [-0.2, 0) is 0 Å². The van der Waals surface area contributed by atoms with Crippen LogP contribution in [0.25, 0.3) is 0 Å². The Morgan fingerprint density at radius 2 is 2.54 bits per heavy atom. The van der Waals surface area contributed by atoms with Gasteiger partial charge < -0.3 is 15.5 Å². The smallest absolute Gasteiger partial charge is 0.136 e. The van der Waals surface area contributed by atoms with Gasteiger partial charge in [-0.1, -0.05) is 6.08 Å². The fourth-order valence-corrected chi connectivity index (χ4v) is 1.54. The van der Waals surface area contributed by atoms with E-state index in [0.29, 0.717) is 6.54 Å².